The second-order valence-electron chi connectivity index (χ2n) is 18.8. The van der Waals surface area contributed by atoms with Crippen molar-refractivity contribution in [3.63, 3.8) is 0 Å². The smallest absolute Gasteiger partial charge is 0.219 e. The average molecular weight is 997 g/mol. The van der Waals surface area contributed by atoms with Crippen LogP contribution in [-0.2, 0) is 38.5 Å². The molecular formula is C47H66ClN19O4. The molecule has 6 fully saturated rings. The zero-order valence-corrected chi connectivity index (χ0v) is 41.2. The molecule has 71 heavy (non-hydrogen) atoms. The number of nitrogens with two attached hydrogens (primary N) is 3. The van der Waals surface area contributed by atoms with Crippen LogP contribution in [0.15, 0.2) is 24.8 Å². The van der Waals surface area contributed by atoms with Crippen molar-refractivity contribution in [3.8, 4) is 22.8 Å². The zero-order valence-electron chi connectivity index (χ0n) is 40.5. The molecule has 0 aromatic carbocycles. The quantitative estimate of drug-likeness (QED) is 0.132. The molecule has 0 amide bonds. The minimum absolute atomic E-state index is 0.218. The van der Waals surface area contributed by atoms with Gasteiger partial charge in [0, 0.05) is 110 Å². The lowest BCUT2D eigenvalue weighted by molar-refractivity contribution is 0.0374. The predicted molar refractivity (Wildman–Crippen MR) is 270 cm³/mol. The number of morpholine rings is 4. The van der Waals surface area contributed by atoms with Crippen molar-refractivity contribution < 1.29 is 18.9 Å². The summed E-state index contributed by atoms with van der Waals surface area (Å²) in [5.41, 5.74) is 21.4. The lowest BCUT2D eigenvalue weighted by atomic mass is 10.2. The summed E-state index contributed by atoms with van der Waals surface area (Å²) in [4.78, 5) is 55.0. The Labute approximate surface area is 417 Å². The van der Waals surface area contributed by atoms with Crippen LogP contribution in [-0.4, -0.2) is 194 Å². The number of halogens is 1. The van der Waals surface area contributed by atoms with E-state index in [4.69, 9.17) is 72.7 Å². The van der Waals surface area contributed by atoms with Gasteiger partial charge in [-0.15, -0.1) is 0 Å². The van der Waals surface area contributed by atoms with Gasteiger partial charge >= 0.3 is 0 Å². The molecule has 12 rings (SSSR count). The molecule has 6 N–H and O–H groups in total. The Balaban J connectivity index is 0.000000143. The van der Waals surface area contributed by atoms with Crippen LogP contribution in [0, 0.1) is 11.8 Å². The largest absolute Gasteiger partial charge is 0.379 e. The van der Waals surface area contributed by atoms with Crippen LogP contribution < -0.4 is 27.0 Å². The van der Waals surface area contributed by atoms with E-state index in [0.29, 0.717) is 60.8 Å². The van der Waals surface area contributed by atoms with Gasteiger partial charge in [-0.1, -0.05) is 0 Å². The first kappa shape index (κ1) is 49.1. The molecule has 6 aliphatic rings. The van der Waals surface area contributed by atoms with Crippen LogP contribution in [0.2, 0.25) is 5.28 Å². The number of ether oxygens (including phenoxy) is 4. The van der Waals surface area contributed by atoms with E-state index < -0.39 is 0 Å². The molecule has 2 aliphatic carbocycles. The molecule has 380 valence electrons. The van der Waals surface area contributed by atoms with E-state index in [0.717, 1.165) is 170 Å². The summed E-state index contributed by atoms with van der Waals surface area (Å²) in [5.74, 6) is 5.70. The molecule has 23 nitrogen and oxygen atoms in total. The Bertz CT molecular complexity index is 2660. The van der Waals surface area contributed by atoms with Crippen molar-refractivity contribution in [2.75, 3.05) is 146 Å². The molecule has 0 radical (unpaired) electrons. The summed E-state index contributed by atoms with van der Waals surface area (Å²) in [7, 11) is 0. The maximum Gasteiger partial charge on any atom is 0.219 e. The number of hydrogen-bond acceptors (Lipinski definition) is 21. The minimum atomic E-state index is 0.218. The molecule has 2 saturated carbocycles. The molecule has 0 atom stereocenters. The maximum atomic E-state index is 6.47. The van der Waals surface area contributed by atoms with Gasteiger partial charge in [0.1, 0.15) is 5.82 Å². The SMILES string of the molecule is NCCN1CCOCC1.Nc1ncc(-c2nc(N3CCOCC3)c3nc(CCCN4CCOCC4)n(CC4CC4)c3n2)cn1.Nc1ncc(-c2nc(N3CCOCC3)c3nc(Cl)n(CC4CC4)c3n2)cn1. The highest BCUT2D eigenvalue weighted by Crippen LogP contribution is 2.37. The molecular weight excluding hydrogens is 930 g/mol. The second-order valence-corrected chi connectivity index (χ2v) is 19.1. The number of imidazole rings is 2. The number of rotatable bonds is 14. The molecule has 24 heteroatoms. The van der Waals surface area contributed by atoms with Gasteiger partial charge in [0.2, 0.25) is 17.2 Å². The van der Waals surface area contributed by atoms with Crippen LogP contribution in [0.25, 0.3) is 45.1 Å². The number of hydrogen-bond donors (Lipinski definition) is 3. The van der Waals surface area contributed by atoms with Gasteiger partial charge in [-0.05, 0) is 62.1 Å². The Morgan fingerprint density at radius 1 is 0.521 bits per heavy atom. The fourth-order valence-electron chi connectivity index (χ4n) is 9.10. The normalized spacial score (nSPS) is 19.1. The van der Waals surface area contributed by atoms with Gasteiger partial charge in [0.05, 0.1) is 64.0 Å². The average Bonchev–Trinajstić information content (AvgIpc) is 4.36. The van der Waals surface area contributed by atoms with Crippen LogP contribution in [0.1, 0.15) is 37.9 Å². The number of anilines is 4. The summed E-state index contributed by atoms with van der Waals surface area (Å²) in [6.45, 7) is 17.9. The van der Waals surface area contributed by atoms with Gasteiger partial charge in [-0.25, -0.2) is 49.8 Å². The number of fused-ring (bicyclic) bond motifs is 2. The lowest BCUT2D eigenvalue weighted by Gasteiger charge is -2.28. The van der Waals surface area contributed by atoms with E-state index in [1.165, 1.54) is 25.7 Å². The highest BCUT2D eigenvalue weighted by Gasteiger charge is 2.30. The molecule has 6 aromatic heterocycles. The third-order valence-electron chi connectivity index (χ3n) is 13.5. The number of aromatic nitrogens is 12. The van der Waals surface area contributed by atoms with Crippen molar-refractivity contribution in [3.05, 3.63) is 35.9 Å². The Morgan fingerprint density at radius 2 is 0.944 bits per heavy atom. The monoisotopic (exact) mass is 996 g/mol. The fourth-order valence-corrected chi connectivity index (χ4v) is 9.34. The summed E-state index contributed by atoms with van der Waals surface area (Å²) < 4.78 is 26.1. The third kappa shape index (κ3) is 12.6. The van der Waals surface area contributed by atoms with Gasteiger partial charge in [0.25, 0.3) is 0 Å². The van der Waals surface area contributed by atoms with Crippen LogP contribution in [0.3, 0.4) is 0 Å². The van der Waals surface area contributed by atoms with Crippen molar-refractivity contribution in [1.29, 1.82) is 0 Å². The van der Waals surface area contributed by atoms with Crippen molar-refractivity contribution in [1.82, 2.24) is 68.8 Å². The van der Waals surface area contributed by atoms with E-state index in [2.05, 4.69) is 49.1 Å². The highest BCUT2D eigenvalue weighted by molar-refractivity contribution is 6.29. The van der Waals surface area contributed by atoms with Crippen molar-refractivity contribution in [2.24, 2.45) is 17.6 Å². The lowest BCUT2D eigenvalue weighted by Crippen LogP contribution is -2.39. The van der Waals surface area contributed by atoms with E-state index >= 15 is 0 Å². The number of nitrogens with zero attached hydrogens (tertiary/aromatic N) is 16. The van der Waals surface area contributed by atoms with Gasteiger partial charge in [-0.2, -0.15) is 0 Å². The Hall–Kier alpha value is -5.53. The highest BCUT2D eigenvalue weighted by atomic mass is 35.5. The van der Waals surface area contributed by atoms with Gasteiger partial charge < -0.3 is 50.5 Å². The first-order valence-electron chi connectivity index (χ1n) is 25.2. The first-order valence-corrected chi connectivity index (χ1v) is 25.6. The van der Waals surface area contributed by atoms with E-state index in [1.807, 2.05) is 4.57 Å². The first-order chi connectivity index (χ1) is 34.9. The molecule has 0 unspecified atom stereocenters. The van der Waals surface area contributed by atoms with E-state index in [-0.39, 0.29) is 11.9 Å². The fraction of sp³-hybridized carbons (Fsp3) is 0.617. The molecule has 0 spiro atoms. The van der Waals surface area contributed by atoms with Gasteiger partial charge in [-0.3, -0.25) is 14.4 Å². The second kappa shape index (κ2) is 23.3. The summed E-state index contributed by atoms with van der Waals surface area (Å²) in [6, 6.07) is 0. The van der Waals surface area contributed by atoms with Crippen LogP contribution >= 0.6 is 11.6 Å². The van der Waals surface area contributed by atoms with Crippen molar-refractivity contribution in [2.45, 2.75) is 51.6 Å². The Kier molecular flexibility index (Phi) is 16.1. The van der Waals surface area contributed by atoms with Crippen molar-refractivity contribution >= 4 is 57.5 Å². The Morgan fingerprint density at radius 3 is 1.41 bits per heavy atom. The molecule has 0 bridgehead atoms. The topological polar surface area (TPSA) is 267 Å². The summed E-state index contributed by atoms with van der Waals surface area (Å²) >= 11 is 6.47. The van der Waals surface area contributed by atoms with E-state index in [9.17, 15) is 0 Å². The molecule has 10 heterocycles. The predicted octanol–water partition coefficient (Wildman–Crippen LogP) is 2.42. The minimum Gasteiger partial charge on any atom is -0.379 e. The number of nitrogen functional groups attached to an aromatic ring is 2. The molecule has 4 saturated heterocycles. The maximum absolute atomic E-state index is 6.47. The standard InChI is InChI=1S/C24H33N9O2.C17H19ClN8O.C6H14N2O/c25-24-26-14-18(15-27-24)21-29-22(32-8-12-35-13-9-32)20-23(30-21)33(16-17-3-4-17)19(28-20)2-1-5-31-6-10-34-11-7-31;18-16-22-12-14(25-3-5-27-6-4-25)23-13(11-7-20-17(19)21-8-11)24-15(12)26(16)9-10-1-2-10;7-1-2-8-3-5-9-6-4-8/h14-15,17H,1-13,16H2,(H2,25,26,27);7-8,10H,1-6,9H2,(H2,19,20,21);1-7H2. The number of aryl methyl sites for hydroxylation is 1. The molecule has 6 aromatic rings. The van der Waals surface area contributed by atoms with Gasteiger partial charge in [0.15, 0.2) is 45.6 Å². The van der Waals surface area contributed by atoms with Crippen LogP contribution in [0.4, 0.5) is 23.5 Å². The van der Waals surface area contributed by atoms with E-state index in [1.54, 1.807) is 24.8 Å². The molecule has 4 aliphatic heterocycles. The summed E-state index contributed by atoms with van der Waals surface area (Å²) in [6.07, 6.45) is 13.6. The summed E-state index contributed by atoms with van der Waals surface area (Å²) in [5, 5.41) is 0.450. The zero-order chi connectivity index (χ0) is 48.5. The third-order valence-corrected chi connectivity index (χ3v) is 13.8. The van der Waals surface area contributed by atoms with Crippen LogP contribution in [0.5, 0.6) is 0 Å².